The lowest BCUT2D eigenvalue weighted by atomic mass is 9.92. The van der Waals surface area contributed by atoms with Gasteiger partial charge in [-0.05, 0) is 44.4 Å². The summed E-state index contributed by atoms with van der Waals surface area (Å²) in [5.74, 6) is 1.46. The number of amides is 1. The summed E-state index contributed by atoms with van der Waals surface area (Å²) in [6.45, 7) is 6.36. The van der Waals surface area contributed by atoms with Crippen molar-refractivity contribution in [3.8, 4) is 22.6 Å². The van der Waals surface area contributed by atoms with Gasteiger partial charge in [0.2, 0.25) is 5.91 Å². The van der Waals surface area contributed by atoms with E-state index in [0.717, 1.165) is 35.3 Å². The summed E-state index contributed by atoms with van der Waals surface area (Å²) in [5, 5.41) is 11.8. The number of piperidine rings is 1. The molecule has 0 radical (unpaired) electrons. The smallest absolute Gasteiger partial charge is 0.219 e. The fourth-order valence-corrected chi connectivity index (χ4v) is 4.63. The molecule has 1 saturated heterocycles. The average molecular weight is 484 g/mol. The number of carbonyl (C=O) groups excluding carboxylic acids is 1. The Bertz CT molecular complexity index is 1390. The summed E-state index contributed by atoms with van der Waals surface area (Å²) in [6.07, 6.45) is 8.70. The third-order valence-electron chi connectivity index (χ3n) is 6.61. The molecular formula is C26H29N9O. The Morgan fingerprint density at radius 2 is 1.94 bits per heavy atom. The van der Waals surface area contributed by atoms with Gasteiger partial charge in [0, 0.05) is 62.2 Å². The largest absolute Gasteiger partial charge is 0.340 e. The third-order valence-corrected chi connectivity index (χ3v) is 6.61. The molecule has 1 fully saturated rings. The van der Waals surface area contributed by atoms with E-state index in [-0.39, 0.29) is 17.9 Å². The first-order valence-electron chi connectivity index (χ1n) is 12.0. The maximum absolute atomic E-state index is 12.2. The fraction of sp³-hybridized carbons (Fsp3) is 0.346. The van der Waals surface area contributed by atoms with Gasteiger partial charge in [0.1, 0.15) is 23.0 Å². The van der Waals surface area contributed by atoms with Crippen molar-refractivity contribution in [2.75, 3.05) is 11.9 Å². The van der Waals surface area contributed by atoms with Crippen LogP contribution in [-0.2, 0) is 11.8 Å². The van der Waals surface area contributed by atoms with Crippen molar-refractivity contribution < 1.29 is 4.79 Å². The van der Waals surface area contributed by atoms with Crippen LogP contribution in [0.2, 0.25) is 0 Å². The molecule has 4 aromatic rings. The molecule has 1 aromatic carbocycles. The first-order chi connectivity index (χ1) is 17.4. The molecule has 10 heteroatoms. The van der Waals surface area contributed by atoms with Gasteiger partial charge in [-0.3, -0.25) is 19.4 Å². The molecule has 5 rings (SSSR count). The van der Waals surface area contributed by atoms with Gasteiger partial charge < -0.3 is 10.2 Å². The number of benzene rings is 1. The highest BCUT2D eigenvalue weighted by Gasteiger charge is 2.30. The van der Waals surface area contributed by atoms with Crippen LogP contribution in [0.25, 0.3) is 22.6 Å². The molecule has 3 aromatic heterocycles. The summed E-state index contributed by atoms with van der Waals surface area (Å²) < 4.78 is 1.69. The van der Waals surface area contributed by atoms with Crippen LogP contribution >= 0.6 is 0 Å². The van der Waals surface area contributed by atoms with E-state index in [0.29, 0.717) is 29.6 Å². The number of aryl methyl sites for hydroxylation is 2. The van der Waals surface area contributed by atoms with E-state index in [1.807, 2.05) is 49.3 Å². The van der Waals surface area contributed by atoms with E-state index in [1.54, 1.807) is 30.2 Å². The fourth-order valence-electron chi connectivity index (χ4n) is 4.63. The summed E-state index contributed by atoms with van der Waals surface area (Å²) >= 11 is 0. The Hall–Kier alpha value is -4.21. The van der Waals surface area contributed by atoms with Gasteiger partial charge in [-0.2, -0.15) is 0 Å². The van der Waals surface area contributed by atoms with Gasteiger partial charge in [0.15, 0.2) is 0 Å². The van der Waals surface area contributed by atoms with Crippen molar-refractivity contribution in [3.05, 3.63) is 60.4 Å². The topological polar surface area (TPSA) is 115 Å². The number of nitrogens with zero attached hydrogens (tertiary/aromatic N) is 8. The van der Waals surface area contributed by atoms with Gasteiger partial charge >= 0.3 is 0 Å². The number of carbonyl (C=O) groups is 1. The lowest BCUT2D eigenvalue weighted by Crippen LogP contribution is -2.44. The Morgan fingerprint density at radius 1 is 1.08 bits per heavy atom. The Kier molecular flexibility index (Phi) is 6.41. The molecule has 36 heavy (non-hydrogen) atoms. The van der Waals surface area contributed by atoms with Gasteiger partial charge in [0.05, 0.1) is 18.1 Å². The van der Waals surface area contributed by atoms with Crippen LogP contribution in [-0.4, -0.2) is 58.3 Å². The lowest BCUT2D eigenvalue weighted by molar-refractivity contribution is -0.132. The number of anilines is 2. The number of likely N-dealkylation sites (tertiary alicyclic amines) is 1. The van der Waals surface area contributed by atoms with Crippen molar-refractivity contribution in [1.29, 1.82) is 0 Å². The van der Waals surface area contributed by atoms with Crippen LogP contribution in [0.5, 0.6) is 0 Å². The molecule has 1 amide bonds. The van der Waals surface area contributed by atoms with Crippen LogP contribution < -0.4 is 5.32 Å². The van der Waals surface area contributed by atoms with Crippen molar-refractivity contribution >= 4 is 17.4 Å². The second kappa shape index (κ2) is 9.80. The molecule has 1 N–H and O–H groups in total. The van der Waals surface area contributed by atoms with Gasteiger partial charge in [0.25, 0.3) is 0 Å². The molecule has 0 spiro atoms. The summed E-state index contributed by atoms with van der Waals surface area (Å²) in [7, 11) is 1.85. The number of hydrogen-bond donors (Lipinski definition) is 1. The second-order valence-corrected chi connectivity index (χ2v) is 9.31. The minimum atomic E-state index is 0.0374. The van der Waals surface area contributed by atoms with E-state index in [2.05, 4.69) is 32.5 Å². The van der Waals surface area contributed by atoms with Crippen LogP contribution in [0, 0.1) is 6.92 Å². The predicted molar refractivity (Wildman–Crippen MR) is 136 cm³/mol. The van der Waals surface area contributed by atoms with Crippen LogP contribution in [0.1, 0.15) is 44.0 Å². The monoisotopic (exact) mass is 483 g/mol. The summed E-state index contributed by atoms with van der Waals surface area (Å²) in [6, 6.07) is 8.20. The molecule has 1 aliphatic rings. The highest BCUT2D eigenvalue weighted by molar-refractivity contribution is 5.74. The van der Waals surface area contributed by atoms with Crippen molar-refractivity contribution in [2.45, 2.75) is 45.6 Å². The van der Waals surface area contributed by atoms with Crippen molar-refractivity contribution in [1.82, 2.24) is 39.8 Å². The minimum absolute atomic E-state index is 0.0374. The van der Waals surface area contributed by atoms with E-state index in [9.17, 15) is 4.79 Å². The third kappa shape index (κ3) is 4.93. The van der Waals surface area contributed by atoms with E-state index in [4.69, 9.17) is 9.97 Å². The molecular weight excluding hydrogens is 454 g/mol. The van der Waals surface area contributed by atoms with E-state index in [1.165, 1.54) is 0 Å². The van der Waals surface area contributed by atoms with Crippen LogP contribution in [0.3, 0.4) is 0 Å². The molecule has 184 valence electrons. The van der Waals surface area contributed by atoms with Crippen molar-refractivity contribution in [3.63, 3.8) is 0 Å². The Balaban J connectivity index is 1.51. The van der Waals surface area contributed by atoms with Gasteiger partial charge in [-0.25, -0.2) is 9.97 Å². The van der Waals surface area contributed by atoms with Crippen LogP contribution in [0.15, 0.2) is 49.1 Å². The maximum atomic E-state index is 12.2. The normalized spacial score (nSPS) is 17.7. The highest BCUT2D eigenvalue weighted by Crippen LogP contribution is 2.32. The number of nitrogens with one attached hydrogen (secondary N) is 1. The molecule has 2 atom stereocenters. The molecule has 0 bridgehead atoms. The van der Waals surface area contributed by atoms with Gasteiger partial charge in [-0.15, -0.1) is 5.10 Å². The van der Waals surface area contributed by atoms with E-state index < -0.39 is 0 Å². The number of aromatic nitrogens is 7. The average Bonchev–Trinajstić information content (AvgIpc) is 3.31. The first kappa shape index (κ1) is 23.5. The Labute approximate surface area is 209 Å². The molecule has 10 nitrogen and oxygen atoms in total. The summed E-state index contributed by atoms with van der Waals surface area (Å²) in [4.78, 5) is 32.5. The Morgan fingerprint density at radius 3 is 2.67 bits per heavy atom. The van der Waals surface area contributed by atoms with Gasteiger partial charge in [-0.1, -0.05) is 11.3 Å². The summed E-state index contributed by atoms with van der Waals surface area (Å²) in [5.41, 5.74) is 5.13. The van der Waals surface area contributed by atoms with Crippen LogP contribution in [0.4, 0.5) is 11.5 Å². The molecule has 4 heterocycles. The SMILES string of the molecule is CC(=O)N1C[C@H](c2nc(Nc3ccc(C)c(-c4cn(C)nn4)c3)cc(-c3cnccn3)n2)CC[C@@H]1C. The maximum Gasteiger partial charge on any atom is 0.219 e. The molecule has 0 aliphatic carbocycles. The zero-order valence-electron chi connectivity index (χ0n) is 20.9. The molecule has 0 unspecified atom stereocenters. The highest BCUT2D eigenvalue weighted by atomic mass is 16.2. The molecule has 1 aliphatic heterocycles. The standard InChI is InChI=1S/C26H29N9O/c1-16-5-8-20(11-21(16)24-15-34(4)33-32-24)29-25-12-22(23-13-27-9-10-28-23)30-26(31-25)19-7-6-17(2)35(14-19)18(3)36/h5,8-13,15,17,19H,6-7,14H2,1-4H3,(H,29,30,31)/t17-,19+/m0/s1. The minimum Gasteiger partial charge on any atom is -0.340 e. The number of rotatable bonds is 5. The second-order valence-electron chi connectivity index (χ2n) is 9.31. The molecule has 0 saturated carbocycles. The number of hydrogen-bond acceptors (Lipinski definition) is 8. The van der Waals surface area contributed by atoms with Crippen molar-refractivity contribution in [2.24, 2.45) is 7.05 Å². The zero-order valence-corrected chi connectivity index (χ0v) is 20.9. The lowest BCUT2D eigenvalue weighted by Gasteiger charge is -2.37. The predicted octanol–water partition coefficient (Wildman–Crippen LogP) is 3.90. The van der Waals surface area contributed by atoms with E-state index >= 15 is 0 Å². The quantitative estimate of drug-likeness (QED) is 0.455. The first-order valence-corrected chi connectivity index (χ1v) is 12.0. The zero-order chi connectivity index (χ0) is 25.2.